The number of ether oxygens (including phenoxy) is 2. The van der Waals surface area contributed by atoms with Gasteiger partial charge in [-0.3, -0.25) is 15.0 Å². The summed E-state index contributed by atoms with van der Waals surface area (Å²) in [5.41, 5.74) is 0.467. The van der Waals surface area contributed by atoms with E-state index in [0.29, 0.717) is 27.5 Å². The summed E-state index contributed by atoms with van der Waals surface area (Å²) in [4.78, 5) is 31.1. The van der Waals surface area contributed by atoms with Crippen molar-refractivity contribution in [3.8, 4) is 17.3 Å². The number of aliphatic hydroxyl groups is 1. The van der Waals surface area contributed by atoms with E-state index >= 15 is 4.39 Å². The molecule has 0 aliphatic heterocycles. The van der Waals surface area contributed by atoms with Crippen LogP contribution in [0, 0.1) is 23.0 Å². The number of esters is 1. The SMILES string of the molecule is CC(=O)OC(c1ccccc1NC(=O)OC(C)n1c[n+](C[C@](O)(c2cc(F)ccc2F)[C@@H](C)c2nc(-c3ccc(C#N)cc3)cs2)cn1)N(C)C. The molecule has 12 nitrogen and oxygen atoms in total. The average Bonchev–Trinajstić information content (AvgIpc) is 3.79. The standard InChI is InChI=1S/C36H35F2N7O5S/c1-22(33-41-32(18-51-33)26-12-10-25(17-39)11-13-26)36(48,29-16-27(37)14-15-30(29)38)19-44-20-40-45(21-44)23(2)49-35(47)42-31-9-7-6-8-28(31)34(43(4)5)50-24(3)46/h6-16,18,20-23,34,48H,19H2,1-5H3/p+1/t22-,23?,34?,36+/m0/s1. The van der Waals surface area contributed by atoms with Crippen LogP contribution in [0.15, 0.2) is 84.8 Å². The maximum atomic E-state index is 15.3. The van der Waals surface area contributed by atoms with Gasteiger partial charge in [0.25, 0.3) is 12.6 Å². The monoisotopic (exact) mass is 716 g/mol. The second-order valence-corrected chi connectivity index (χ2v) is 13.0. The number of carbonyl (C=O) groups excluding carboxylic acids is 2. The number of anilines is 1. The molecule has 0 radical (unpaired) electrons. The Bertz CT molecular complexity index is 2060. The molecule has 5 rings (SSSR count). The zero-order valence-corrected chi connectivity index (χ0v) is 29.3. The summed E-state index contributed by atoms with van der Waals surface area (Å²) < 4.78 is 43.6. The highest BCUT2D eigenvalue weighted by Gasteiger charge is 2.43. The van der Waals surface area contributed by atoms with Crippen LogP contribution in [0.25, 0.3) is 11.3 Å². The van der Waals surface area contributed by atoms with Crippen LogP contribution < -0.4 is 9.88 Å². The molecule has 2 unspecified atom stereocenters. The van der Waals surface area contributed by atoms with Crippen LogP contribution in [0.5, 0.6) is 0 Å². The zero-order valence-electron chi connectivity index (χ0n) is 28.4. The number of nitrogens with zero attached hydrogens (tertiary/aromatic N) is 6. The summed E-state index contributed by atoms with van der Waals surface area (Å²) >= 11 is 1.26. The van der Waals surface area contributed by atoms with Gasteiger partial charge in [0.15, 0.2) is 6.23 Å². The molecule has 2 heterocycles. The molecule has 15 heteroatoms. The molecule has 2 N–H and O–H groups in total. The van der Waals surface area contributed by atoms with E-state index in [0.717, 1.165) is 23.8 Å². The third-order valence-corrected chi connectivity index (χ3v) is 9.22. The molecule has 2 aromatic heterocycles. The Kier molecular flexibility index (Phi) is 11.2. The van der Waals surface area contributed by atoms with E-state index in [1.807, 2.05) is 0 Å². The Morgan fingerprint density at radius 3 is 2.53 bits per heavy atom. The number of halogens is 2. The van der Waals surface area contributed by atoms with E-state index < -0.39 is 47.7 Å². The molecule has 264 valence electrons. The fraction of sp³-hybridized carbons (Fsp3) is 0.278. The lowest BCUT2D eigenvalue weighted by atomic mass is 9.82. The van der Waals surface area contributed by atoms with Gasteiger partial charge in [0, 0.05) is 46.9 Å². The predicted molar refractivity (Wildman–Crippen MR) is 183 cm³/mol. The van der Waals surface area contributed by atoms with Gasteiger partial charge in [0.2, 0.25) is 6.33 Å². The van der Waals surface area contributed by atoms with E-state index in [1.54, 1.807) is 86.8 Å². The maximum absolute atomic E-state index is 15.3. The summed E-state index contributed by atoms with van der Waals surface area (Å²) in [6.07, 6.45) is 0.311. The zero-order chi connectivity index (χ0) is 36.9. The average molecular weight is 717 g/mol. The highest BCUT2D eigenvalue weighted by atomic mass is 32.1. The summed E-state index contributed by atoms with van der Waals surface area (Å²) in [6, 6.07) is 18.6. The molecule has 0 aliphatic rings. The Morgan fingerprint density at radius 1 is 1.12 bits per heavy atom. The minimum atomic E-state index is -2.01. The molecule has 0 saturated heterocycles. The third-order valence-electron chi connectivity index (χ3n) is 8.20. The lowest BCUT2D eigenvalue weighted by molar-refractivity contribution is -0.713. The molecule has 0 saturated carbocycles. The normalized spacial score (nSPS) is 14.2. The van der Waals surface area contributed by atoms with E-state index in [2.05, 4.69) is 16.5 Å². The van der Waals surface area contributed by atoms with Crippen molar-refractivity contribution in [2.24, 2.45) is 0 Å². The first-order valence-corrected chi connectivity index (χ1v) is 16.6. The van der Waals surface area contributed by atoms with Crippen molar-refractivity contribution in [1.29, 1.82) is 5.26 Å². The number of carbonyl (C=O) groups is 2. The largest absolute Gasteiger partial charge is 0.442 e. The molecule has 0 bridgehead atoms. The first-order valence-electron chi connectivity index (χ1n) is 15.8. The van der Waals surface area contributed by atoms with Gasteiger partial charge >= 0.3 is 12.1 Å². The van der Waals surface area contributed by atoms with Gasteiger partial charge in [-0.25, -0.2) is 23.1 Å². The summed E-state index contributed by atoms with van der Waals surface area (Å²) in [7, 11) is 3.46. The first-order chi connectivity index (χ1) is 24.3. The number of nitriles is 1. The minimum Gasteiger partial charge on any atom is -0.442 e. The number of nitrogens with one attached hydrogen (secondary N) is 1. The quantitative estimate of drug-likeness (QED) is 0.0899. The van der Waals surface area contributed by atoms with Gasteiger partial charge in [-0.1, -0.05) is 41.9 Å². The van der Waals surface area contributed by atoms with Gasteiger partial charge in [0.1, 0.15) is 23.8 Å². The fourth-order valence-corrected chi connectivity index (χ4v) is 6.46. The first kappa shape index (κ1) is 36.7. The van der Waals surface area contributed by atoms with Crippen molar-refractivity contribution >= 4 is 29.1 Å². The molecule has 0 fully saturated rings. The molecular formula is C36H36F2N7O5S+. The van der Waals surface area contributed by atoms with Crippen LogP contribution in [-0.4, -0.2) is 50.9 Å². The van der Waals surface area contributed by atoms with Crippen LogP contribution >= 0.6 is 11.3 Å². The molecule has 51 heavy (non-hydrogen) atoms. The van der Waals surface area contributed by atoms with Gasteiger partial charge in [-0.2, -0.15) is 5.26 Å². The van der Waals surface area contributed by atoms with Gasteiger partial charge in [0.05, 0.1) is 28.0 Å². The number of aromatic nitrogens is 4. The van der Waals surface area contributed by atoms with E-state index in [1.165, 1.54) is 40.2 Å². The number of thiazole rings is 1. The van der Waals surface area contributed by atoms with Crippen LogP contribution in [0.4, 0.5) is 19.3 Å². The Morgan fingerprint density at radius 2 is 1.84 bits per heavy atom. The fourth-order valence-electron chi connectivity index (χ4n) is 5.49. The number of hydrogen-bond acceptors (Lipinski definition) is 10. The number of amides is 1. The Balaban J connectivity index is 1.36. The van der Waals surface area contributed by atoms with Gasteiger partial charge < -0.3 is 14.6 Å². The molecule has 3 aromatic carbocycles. The van der Waals surface area contributed by atoms with Gasteiger partial charge in [-0.15, -0.1) is 11.3 Å². The number of rotatable bonds is 12. The van der Waals surface area contributed by atoms with Crippen molar-refractivity contribution in [2.75, 3.05) is 19.4 Å². The number of hydrogen-bond donors (Lipinski definition) is 2. The van der Waals surface area contributed by atoms with Crippen LogP contribution in [-0.2, 0) is 26.4 Å². The highest BCUT2D eigenvalue weighted by molar-refractivity contribution is 7.10. The molecular weight excluding hydrogens is 681 g/mol. The summed E-state index contributed by atoms with van der Waals surface area (Å²) in [6.45, 7) is 4.27. The van der Waals surface area contributed by atoms with E-state index in [-0.39, 0.29) is 12.1 Å². The summed E-state index contributed by atoms with van der Waals surface area (Å²) in [5, 5.41) is 30.6. The molecule has 0 spiro atoms. The summed E-state index contributed by atoms with van der Waals surface area (Å²) in [5.74, 6) is -2.86. The number of para-hydroxylation sites is 1. The van der Waals surface area contributed by atoms with E-state index in [4.69, 9.17) is 19.7 Å². The van der Waals surface area contributed by atoms with Crippen LogP contribution in [0.1, 0.15) is 60.8 Å². The van der Waals surface area contributed by atoms with Crippen LogP contribution in [0.2, 0.25) is 0 Å². The maximum Gasteiger partial charge on any atom is 0.414 e. The van der Waals surface area contributed by atoms with E-state index in [9.17, 15) is 19.1 Å². The smallest absolute Gasteiger partial charge is 0.414 e. The molecule has 4 atom stereocenters. The predicted octanol–water partition coefficient (Wildman–Crippen LogP) is 6.03. The van der Waals surface area contributed by atoms with Crippen molar-refractivity contribution in [3.63, 3.8) is 0 Å². The lowest BCUT2D eigenvalue weighted by Gasteiger charge is -2.32. The molecule has 5 aromatic rings. The van der Waals surface area contributed by atoms with Crippen molar-refractivity contribution in [3.05, 3.63) is 118 Å². The second-order valence-electron chi connectivity index (χ2n) is 12.1. The van der Waals surface area contributed by atoms with Crippen molar-refractivity contribution < 1.29 is 37.5 Å². The number of benzene rings is 3. The molecule has 1 amide bonds. The topological polar surface area (TPSA) is 146 Å². The van der Waals surface area contributed by atoms with Crippen molar-refractivity contribution in [2.45, 2.75) is 51.3 Å². The van der Waals surface area contributed by atoms with Crippen LogP contribution in [0.3, 0.4) is 0 Å². The van der Waals surface area contributed by atoms with Gasteiger partial charge in [-0.05, 0) is 50.5 Å². The Labute approximate surface area is 297 Å². The minimum absolute atomic E-state index is 0.266. The third kappa shape index (κ3) is 8.43. The second kappa shape index (κ2) is 15.5. The highest BCUT2D eigenvalue weighted by Crippen LogP contribution is 2.41. The molecule has 0 aliphatic carbocycles. The lowest BCUT2D eigenvalue weighted by Crippen LogP contribution is -2.48. The van der Waals surface area contributed by atoms with Crippen molar-refractivity contribution in [1.82, 2.24) is 19.7 Å². The Hall–Kier alpha value is -5.56.